The fourth-order valence-electron chi connectivity index (χ4n) is 5.21. The normalized spacial score (nSPS) is 35.7. The quantitative estimate of drug-likeness (QED) is 0.486. The molecule has 0 N–H and O–H groups in total. The molecule has 4 rings (SSSR count). The summed E-state index contributed by atoms with van der Waals surface area (Å²) in [5.74, 6) is 1.71. The minimum Gasteiger partial charge on any atom is -0.381 e. The summed E-state index contributed by atoms with van der Waals surface area (Å²) in [4.78, 5) is 11.3. The van der Waals surface area contributed by atoms with Crippen molar-refractivity contribution >= 4 is 15.9 Å². The Bertz CT molecular complexity index is 764. The lowest BCUT2D eigenvalue weighted by molar-refractivity contribution is -0.121. The van der Waals surface area contributed by atoms with Gasteiger partial charge in [-0.2, -0.15) is 21.6 Å². The van der Waals surface area contributed by atoms with Gasteiger partial charge < -0.3 is 4.18 Å². The molecule has 3 saturated carbocycles. The molecule has 0 aliphatic heterocycles. The number of Topliss-reactive ketones (excluding diaryl/α,β-unsaturated/α-hetero) is 1. The number of ketones is 1. The SMILES string of the molecule is CC1(C)C2CCC=C(OS(=O)(=O)C(F)(F)F)C21.CC1(C)C2CCCC(=O)C21. The first-order chi connectivity index (χ1) is 12.2. The highest BCUT2D eigenvalue weighted by Crippen LogP contribution is 2.66. The van der Waals surface area contributed by atoms with E-state index in [1.165, 1.54) is 12.5 Å². The van der Waals surface area contributed by atoms with Crippen molar-refractivity contribution in [2.24, 2.45) is 34.5 Å². The molecule has 0 saturated heterocycles. The number of alkyl halides is 3. The summed E-state index contributed by atoms with van der Waals surface area (Å²) in [7, 11) is -5.52. The van der Waals surface area contributed by atoms with E-state index >= 15 is 0 Å². The van der Waals surface area contributed by atoms with Crippen LogP contribution in [0.15, 0.2) is 11.8 Å². The molecule has 0 aromatic rings. The smallest absolute Gasteiger partial charge is 0.381 e. The lowest BCUT2D eigenvalue weighted by atomic mass is 10.00. The van der Waals surface area contributed by atoms with Gasteiger partial charge >= 0.3 is 15.6 Å². The van der Waals surface area contributed by atoms with Gasteiger partial charge in [-0.15, -0.1) is 0 Å². The molecule has 0 bridgehead atoms. The molecule has 0 heterocycles. The molecule has 154 valence electrons. The first-order valence-electron chi connectivity index (χ1n) is 9.45. The molecule has 4 aliphatic carbocycles. The van der Waals surface area contributed by atoms with E-state index in [0.29, 0.717) is 23.5 Å². The van der Waals surface area contributed by atoms with E-state index in [2.05, 4.69) is 18.0 Å². The average Bonchev–Trinajstić information content (AvgIpc) is 3.30. The van der Waals surface area contributed by atoms with Gasteiger partial charge in [0.05, 0.1) is 0 Å². The van der Waals surface area contributed by atoms with E-state index < -0.39 is 15.6 Å². The first kappa shape index (κ1) is 20.7. The van der Waals surface area contributed by atoms with E-state index in [1.807, 2.05) is 13.8 Å². The van der Waals surface area contributed by atoms with E-state index in [-0.39, 0.29) is 23.0 Å². The summed E-state index contributed by atoms with van der Waals surface area (Å²) in [6.07, 6.45) is 6.18. The van der Waals surface area contributed by atoms with Gasteiger partial charge in [0.1, 0.15) is 11.5 Å². The van der Waals surface area contributed by atoms with Crippen LogP contribution in [-0.2, 0) is 19.1 Å². The van der Waals surface area contributed by atoms with Crippen LogP contribution in [-0.4, -0.2) is 19.7 Å². The van der Waals surface area contributed by atoms with Gasteiger partial charge in [-0.1, -0.05) is 27.7 Å². The molecule has 0 aromatic heterocycles. The van der Waals surface area contributed by atoms with Crippen LogP contribution in [0.5, 0.6) is 0 Å². The lowest BCUT2D eigenvalue weighted by Crippen LogP contribution is -2.26. The molecule has 0 spiro atoms. The molecule has 4 unspecified atom stereocenters. The zero-order valence-electron chi connectivity index (χ0n) is 16.1. The van der Waals surface area contributed by atoms with Crippen LogP contribution in [0.3, 0.4) is 0 Å². The second-order valence-electron chi connectivity index (χ2n) is 9.34. The van der Waals surface area contributed by atoms with Gasteiger partial charge in [-0.25, -0.2) is 0 Å². The zero-order chi connectivity index (χ0) is 20.4. The number of hydrogen-bond acceptors (Lipinski definition) is 4. The molecule has 4 aliphatic rings. The van der Waals surface area contributed by atoms with E-state index in [1.54, 1.807) is 0 Å². The number of halogens is 3. The molecule has 3 fully saturated rings. The number of rotatable bonds is 2. The Hall–Kier alpha value is -1.05. The minimum absolute atomic E-state index is 0.0384. The van der Waals surface area contributed by atoms with Crippen LogP contribution in [0.25, 0.3) is 0 Å². The number of hydrogen-bond donors (Lipinski definition) is 0. The van der Waals surface area contributed by atoms with Crippen molar-refractivity contribution in [3.05, 3.63) is 11.8 Å². The summed E-state index contributed by atoms with van der Waals surface area (Å²) in [6.45, 7) is 8.27. The standard InChI is InChI=1S/C10H13F3O3S.C9H14O/c1-9(2)6-4-3-5-7(8(6)9)16-17(14,15)10(11,12)13;1-9(2)6-4-3-5-7(10)8(6)9/h5-6,8H,3-4H2,1-2H3;6,8H,3-5H2,1-2H3. The van der Waals surface area contributed by atoms with Crippen LogP contribution in [0.2, 0.25) is 0 Å². The van der Waals surface area contributed by atoms with E-state index in [0.717, 1.165) is 25.2 Å². The number of carbonyl (C=O) groups excluding carboxylic acids is 1. The highest BCUT2D eigenvalue weighted by Gasteiger charge is 2.63. The summed E-state index contributed by atoms with van der Waals surface area (Å²) in [6, 6.07) is 0. The summed E-state index contributed by atoms with van der Waals surface area (Å²) >= 11 is 0. The predicted octanol–water partition coefficient (Wildman–Crippen LogP) is 4.81. The molecule has 0 aromatic carbocycles. The average molecular weight is 408 g/mol. The molecular weight excluding hydrogens is 381 g/mol. The van der Waals surface area contributed by atoms with Gasteiger partial charge in [0.2, 0.25) is 0 Å². The summed E-state index contributed by atoms with van der Waals surface area (Å²) in [5, 5.41) is 0. The Morgan fingerprint density at radius 3 is 2.11 bits per heavy atom. The van der Waals surface area contributed by atoms with Crippen LogP contribution in [0, 0.1) is 34.5 Å². The van der Waals surface area contributed by atoms with Crippen molar-refractivity contribution in [1.29, 1.82) is 0 Å². The Kier molecular flexibility index (Phi) is 4.77. The van der Waals surface area contributed by atoms with E-state index in [9.17, 15) is 26.4 Å². The van der Waals surface area contributed by atoms with Gasteiger partial charge in [-0.05, 0) is 54.4 Å². The van der Waals surface area contributed by atoms with Crippen LogP contribution in [0.4, 0.5) is 13.2 Å². The van der Waals surface area contributed by atoms with Crippen molar-refractivity contribution in [1.82, 2.24) is 0 Å². The van der Waals surface area contributed by atoms with Gasteiger partial charge in [0, 0.05) is 18.3 Å². The Balaban J connectivity index is 0.000000177. The van der Waals surface area contributed by atoms with Crippen molar-refractivity contribution in [3.8, 4) is 0 Å². The third kappa shape index (κ3) is 3.54. The van der Waals surface area contributed by atoms with Crippen molar-refractivity contribution in [3.63, 3.8) is 0 Å². The molecule has 27 heavy (non-hydrogen) atoms. The fraction of sp³-hybridized carbons (Fsp3) is 0.842. The largest absolute Gasteiger partial charge is 0.534 e. The minimum atomic E-state index is -5.52. The van der Waals surface area contributed by atoms with Crippen molar-refractivity contribution in [2.45, 2.75) is 65.3 Å². The van der Waals surface area contributed by atoms with Crippen LogP contribution in [0.1, 0.15) is 59.8 Å². The van der Waals surface area contributed by atoms with Gasteiger partial charge in [0.15, 0.2) is 0 Å². The van der Waals surface area contributed by atoms with Gasteiger partial charge in [0.25, 0.3) is 0 Å². The van der Waals surface area contributed by atoms with Crippen molar-refractivity contribution < 1.29 is 30.6 Å². The molecule has 0 amide bonds. The van der Waals surface area contributed by atoms with Crippen molar-refractivity contribution in [2.75, 3.05) is 0 Å². The Morgan fingerprint density at radius 1 is 1.04 bits per heavy atom. The van der Waals surface area contributed by atoms with Crippen LogP contribution < -0.4 is 0 Å². The highest BCUT2D eigenvalue weighted by molar-refractivity contribution is 7.87. The number of allylic oxidation sites excluding steroid dienone is 2. The predicted molar refractivity (Wildman–Crippen MR) is 93.8 cm³/mol. The molecular formula is C19H27F3O4S. The monoisotopic (exact) mass is 408 g/mol. The Morgan fingerprint density at radius 2 is 1.59 bits per heavy atom. The summed E-state index contributed by atoms with van der Waals surface area (Å²) < 4.78 is 62.6. The second kappa shape index (κ2) is 6.22. The number of fused-ring (bicyclic) bond motifs is 2. The maximum absolute atomic E-state index is 12.2. The molecule has 8 heteroatoms. The first-order valence-corrected chi connectivity index (χ1v) is 10.9. The third-order valence-electron chi connectivity index (χ3n) is 7.01. The zero-order valence-corrected chi connectivity index (χ0v) is 16.9. The summed E-state index contributed by atoms with van der Waals surface area (Å²) in [5.41, 5.74) is -5.16. The molecule has 4 atom stereocenters. The fourth-order valence-corrected chi connectivity index (χ4v) is 5.73. The maximum Gasteiger partial charge on any atom is 0.534 e. The topological polar surface area (TPSA) is 60.4 Å². The molecule has 0 radical (unpaired) electrons. The van der Waals surface area contributed by atoms with Crippen LogP contribution >= 0.6 is 0 Å². The number of carbonyl (C=O) groups is 1. The second-order valence-corrected chi connectivity index (χ2v) is 10.9. The Labute approximate surface area is 158 Å². The lowest BCUT2D eigenvalue weighted by Gasteiger charge is -2.15. The third-order valence-corrected chi connectivity index (χ3v) is 7.98. The molecule has 4 nitrogen and oxygen atoms in total. The van der Waals surface area contributed by atoms with E-state index in [4.69, 9.17) is 0 Å². The van der Waals surface area contributed by atoms with Gasteiger partial charge in [-0.3, -0.25) is 4.79 Å². The maximum atomic E-state index is 12.2. The highest BCUT2D eigenvalue weighted by atomic mass is 32.2.